The zero-order valence-electron chi connectivity index (χ0n) is 12.5. The lowest BCUT2D eigenvalue weighted by Crippen LogP contribution is -2.22. The lowest BCUT2D eigenvalue weighted by atomic mass is 10.1. The number of hydrogen-bond acceptors (Lipinski definition) is 4. The molecule has 0 aliphatic carbocycles. The lowest BCUT2D eigenvalue weighted by molar-refractivity contribution is -0.0173. The van der Waals surface area contributed by atoms with Gasteiger partial charge in [0.05, 0.1) is 30.4 Å². The Bertz CT molecular complexity index is 1000. The van der Waals surface area contributed by atoms with Crippen LogP contribution in [0.3, 0.4) is 0 Å². The van der Waals surface area contributed by atoms with Gasteiger partial charge in [0.25, 0.3) is 5.56 Å². The molecule has 7 heteroatoms. The molecule has 2 heterocycles. The Balaban J connectivity index is 1.82. The molecule has 24 heavy (non-hydrogen) atoms. The maximum absolute atomic E-state index is 13.8. The average molecular weight is 347 g/mol. The molecule has 2 aromatic carbocycles. The molecule has 0 N–H and O–H groups in total. The van der Waals surface area contributed by atoms with E-state index in [2.05, 4.69) is 4.98 Å². The first-order chi connectivity index (χ1) is 11.6. The van der Waals surface area contributed by atoms with Crippen molar-refractivity contribution < 1.29 is 13.9 Å². The topological polar surface area (TPSA) is 53.4 Å². The van der Waals surface area contributed by atoms with Gasteiger partial charge in [-0.15, -0.1) is 0 Å². The Hall–Kier alpha value is -2.44. The highest BCUT2D eigenvalue weighted by Crippen LogP contribution is 2.29. The van der Waals surface area contributed by atoms with Gasteiger partial charge in [-0.3, -0.25) is 9.36 Å². The van der Waals surface area contributed by atoms with Crippen molar-refractivity contribution in [2.45, 2.75) is 13.2 Å². The minimum absolute atomic E-state index is 0.103. The number of ether oxygens (including phenoxy) is 2. The highest BCUT2D eigenvalue weighted by Gasteiger charge is 2.18. The molecular formula is C17H12ClFN2O3. The molecule has 0 atom stereocenters. The first kappa shape index (κ1) is 15.1. The van der Waals surface area contributed by atoms with Crippen LogP contribution < -0.4 is 10.3 Å². The summed E-state index contributed by atoms with van der Waals surface area (Å²) in [6.07, 6.45) is 1.44. The van der Waals surface area contributed by atoms with Gasteiger partial charge in [0.2, 0.25) is 0 Å². The van der Waals surface area contributed by atoms with Crippen molar-refractivity contribution >= 4 is 22.5 Å². The maximum atomic E-state index is 13.8. The van der Waals surface area contributed by atoms with E-state index in [-0.39, 0.29) is 25.5 Å². The quantitative estimate of drug-likeness (QED) is 0.715. The Morgan fingerprint density at radius 3 is 3.04 bits per heavy atom. The van der Waals surface area contributed by atoms with E-state index >= 15 is 0 Å². The van der Waals surface area contributed by atoms with Gasteiger partial charge in [0.1, 0.15) is 11.6 Å². The van der Waals surface area contributed by atoms with Crippen molar-refractivity contribution in [3.05, 3.63) is 69.0 Å². The first-order valence-corrected chi connectivity index (χ1v) is 7.66. The zero-order valence-corrected chi connectivity index (χ0v) is 13.2. The highest BCUT2D eigenvalue weighted by atomic mass is 35.5. The van der Waals surface area contributed by atoms with E-state index in [1.165, 1.54) is 23.0 Å². The van der Waals surface area contributed by atoms with Gasteiger partial charge in [0.15, 0.2) is 6.79 Å². The second-order valence-electron chi connectivity index (χ2n) is 5.50. The smallest absolute Gasteiger partial charge is 0.261 e. The van der Waals surface area contributed by atoms with Gasteiger partial charge < -0.3 is 9.47 Å². The fourth-order valence-electron chi connectivity index (χ4n) is 2.80. The van der Waals surface area contributed by atoms with E-state index in [4.69, 9.17) is 21.1 Å². The van der Waals surface area contributed by atoms with E-state index in [0.29, 0.717) is 32.8 Å². The van der Waals surface area contributed by atoms with Gasteiger partial charge in [-0.1, -0.05) is 11.6 Å². The molecule has 0 amide bonds. The molecule has 0 saturated carbocycles. The number of aromatic nitrogens is 2. The summed E-state index contributed by atoms with van der Waals surface area (Å²) in [5, 5.41) is 0.877. The number of hydrogen-bond donors (Lipinski definition) is 0. The van der Waals surface area contributed by atoms with Crippen molar-refractivity contribution in [1.82, 2.24) is 9.55 Å². The van der Waals surface area contributed by atoms with Gasteiger partial charge in [-0.25, -0.2) is 9.37 Å². The molecule has 0 spiro atoms. The Kier molecular flexibility index (Phi) is 3.70. The van der Waals surface area contributed by atoms with Crippen molar-refractivity contribution in [2.75, 3.05) is 6.79 Å². The van der Waals surface area contributed by atoms with E-state index < -0.39 is 5.82 Å². The standard InChI is InChI=1S/C17H12ClFN2O3/c18-12-1-2-15-14(5-12)17(22)21(8-20-15)6-10-3-13(19)4-11-7-23-9-24-16(10)11/h1-5,8H,6-7,9H2. The summed E-state index contributed by atoms with van der Waals surface area (Å²) < 4.78 is 25.9. The number of nitrogens with zero attached hydrogens (tertiary/aromatic N) is 2. The molecule has 1 aliphatic rings. The minimum Gasteiger partial charge on any atom is -0.467 e. The number of benzene rings is 2. The van der Waals surface area contributed by atoms with Crippen LogP contribution in [0.2, 0.25) is 5.02 Å². The molecule has 0 bridgehead atoms. The van der Waals surface area contributed by atoms with Crippen LogP contribution in [0.4, 0.5) is 4.39 Å². The van der Waals surface area contributed by atoms with Crippen LogP contribution in [0.1, 0.15) is 11.1 Å². The second-order valence-corrected chi connectivity index (χ2v) is 5.94. The van der Waals surface area contributed by atoms with Crippen molar-refractivity contribution in [2.24, 2.45) is 0 Å². The average Bonchev–Trinajstić information content (AvgIpc) is 2.57. The van der Waals surface area contributed by atoms with Gasteiger partial charge in [-0.05, 0) is 30.3 Å². The molecule has 4 rings (SSSR count). The van der Waals surface area contributed by atoms with Gasteiger partial charge >= 0.3 is 0 Å². The van der Waals surface area contributed by atoms with E-state index in [9.17, 15) is 9.18 Å². The number of rotatable bonds is 2. The van der Waals surface area contributed by atoms with Gasteiger partial charge in [0, 0.05) is 16.1 Å². The van der Waals surface area contributed by atoms with Crippen LogP contribution in [-0.4, -0.2) is 16.3 Å². The van der Waals surface area contributed by atoms with Crippen LogP contribution in [0.15, 0.2) is 41.5 Å². The monoisotopic (exact) mass is 346 g/mol. The summed E-state index contributed by atoms with van der Waals surface area (Å²) in [5.74, 6) is 0.156. The van der Waals surface area contributed by atoms with Crippen molar-refractivity contribution in [1.29, 1.82) is 0 Å². The third kappa shape index (κ3) is 2.64. The summed E-state index contributed by atoms with van der Waals surface area (Å²) in [7, 11) is 0. The number of fused-ring (bicyclic) bond motifs is 2. The molecule has 0 saturated heterocycles. The molecule has 0 radical (unpaired) electrons. The van der Waals surface area contributed by atoms with E-state index in [0.717, 1.165) is 0 Å². The Morgan fingerprint density at radius 2 is 2.17 bits per heavy atom. The first-order valence-electron chi connectivity index (χ1n) is 7.28. The highest BCUT2D eigenvalue weighted by molar-refractivity contribution is 6.31. The molecular weight excluding hydrogens is 335 g/mol. The Labute approximate surface area is 141 Å². The summed E-state index contributed by atoms with van der Waals surface area (Å²) >= 11 is 5.96. The molecule has 1 aliphatic heterocycles. The third-order valence-electron chi connectivity index (χ3n) is 3.88. The van der Waals surface area contributed by atoms with Crippen LogP contribution in [-0.2, 0) is 17.9 Å². The largest absolute Gasteiger partial charge is 0.467 e. The van der Waals surface area contributed by atoms with E-state index in [1.54, 1.807) is 18.2 Å². The van der Waals surface area contributed by atoms with Crippen LogP contribution >= 0.6 is 11.6 Å². The van der Waals surface area contributed by atoms with Crippen LogP contribution in [0.25, 0.3) is 10.9 Å². The van der Waals surface area contributed by atoms with Gasteiger partial charge in [-0.2, -0.15) is 0 Å². The molecule has 122 valence electrons. The third-order valence-corrected chi connectivity index (χ3v) is 4.11. The summed E-state index contributed by atoms with van der Waals surface area (Å²) in [4.78, 5) is 16.9. The van der Waals surface area contributed by atoms with Crippen molar-refractivity contribution in [3.63, 3.8) is 0 Å². The normalized spacial score (nSPS) is 13.6. The molecule has 3 aromatic rings. The molecule has 0 fully saturated rings. The predicted octanol–water partition coefficient (Wildman–Crippen LogP) is 3.10. The molecule has 0 unspecified atom stereocenters. The summed E-state index contributed by atoms with van der Waals surface area (Å²) in [6, 6.07) is 7.68. The molecule has 5 nitrogen and oxygen atoms in total. The van der Waals surface area contributed by atoms with Crippen molar-refractivity contribution in [3.8, 4) is 5.75 Å². The maximum Gasteiger partial charge on any atom is 0.261 e. The Morgan fingerprint density at radius 1 is 1.29 bits per heavy atom. The molecule has 1 aromatic heterocycles. The fourth-order valence-corrected chi connectivity index (χ4v) is 2.97. The summed E-state index contributed by atoms with van der Waals surface area (Å²) in [6.45, 7) is 0.529. The van der Waals surface area contributed by atoms with Crippen LogP contribution in [0.5, 0.6) is 5.75 Å². The van der Waals surface area contributed by atoms with Crippen LogP contribution in [0, 0.1) is 5.82 Å². The number of halogens is 2. The second kappa shape index (κ2) is 5.89. The summed E-state index contributed by atoms with van der Waals surface area (Å²) in [5.41, 5.74) is 1.51. The zero-order chi connectivity index (χ0) is 16.7. The lowest BCUT2D eigenvalue weighted by Gasteiger charge is -2.21. The fraction of sp³-hybridized carbons (Fsp3) is 0.176. The SMILES string of the molecule is O=c1c2cc(Cl)ccc2ncn1Cc1cc(F)cc2c1OCOC2. The predicted molar refractivity (Wildman–Crippen MR) is 86.8 cm³/mol. The van der Waals surface area contributed by atoms with E-state index in [1.807, 2.05) is 0 Å². The minimum atomic E-state index is -0.400.